The largest absolute Gasteiger partial charge is 0.497 e. The molecule has 0 aliphatic carbocycles. The van der Waals surface area contributed by atoms with Crippen molar-refractivity contribution in [1.29, 1.82) is 0 Å². The number of anilines is 1. The molecule has 3 nitrogen and oxygen atoms in total. The molecule has 0 saturated heterocycles. The maximum atomic E-state index is 13.6. The van der Waals surface area contributed by atoms with Crippen LogP contribution in [0.1, 0.15) is 11.4 Å². The smallest absolute Gasteiger partial charge is 0.147 e. The highest BCUT2D eigenvalue weighted by atomic mass is 79.9. The highest BCUT2D eigenvalue weighted by molar-refractivity contribution is 9.10. The van der Waals surface area contributed by atoms with Crippen molar-refractivity contribution in [3.63, 3.8) is 0 Å². The molecule has 0 atom stereocenters. The van der Waals surface area contributed by atoms with E-state index in [0.29, 0.717) is 16.7 Å². The topological polar surface area (TPSA) is 34.1 Å². The number of para-hydroxylation sites is 1. The van der Waals surface area contributed by atoms with Gasteiger partial charge in [0, 0.05) is 22.3 Å². The number of aromatic nitrogens is 1. The maximum Gasteiger partial charge on any atom is 0.147 e. The van der Waals surface area contributed by atoms with Crippen molar-refractivity contribution in [2.45, 2.75) is 13.5 Å². The number of halogens is 2. The van der Waals surface area contributed by atoms with Gasteiger partial charge in [-0.25, -0.2) is 4.39 Å². The SMILES string of the molecule is COc1cc(C)nc(CNc2c(F)cccc2Br)c1. The predicted octanol–water partition coefficient (Wildman–Crippen LogP) is 3.91. The van der Waals surface area contributed by atoms with Gasteiger partial charge in [0.15, 0.2) is 0 Å². The molecule has 0 aliphatic rings. The van der Waals surface area contributed by atoms with Gasteiger partial charge in [-0.05, 0) is 35.0 Å². The molecular formula is C14H14BrFN2O. The van der Waals surface area contributed by atoms with Crippen molar-refractivity contribution in [3.05, 3.63) is 52.0 Å². The highest BCUT2D eigenvalue weighted by Crippen LogP contribution is 2.25. The molecule has 0 aliphatic heterocycles. The molecule has 1 N–H and O–H groups in total. The molecule has 1 aromatic carbocycles. The average molecular weight is 325 g/mol. The number of ether oxygens (including phenoxy) is 1. The monoisotopic (exact) mass is 324 g/mol. The van der Waals surface area contributed by atoms with Crippen LogP contribution in [0.4, 0.5) is 10.1 Å². The van der Waals surface area contributed by atoms with E-state index >= 15 is 0 Å². The summed E-state index contributed by atoms with van der Waals surface area (Å²) in [5.74, 6) is 0.450. The zero-order chi connectivity index (χ0) is 13.8. The van der Waals surface area contributed by atoms with Crippen LogP contribution in [-0.4, -0.2) is 12.1 Å². The Bertz CT molecular complexity index is 569. The van der Waals surface area contributed by atoms with E-state index in [1.165, 1.54) is 6.07 Å². The van der Waals surface area contributed by atoms with E-state index in [4.69, 9.17) is 4.74 Å². The predicted molar refractivity (Wildman–Crippen MR) is 77.0 cm³/mol. The lowest BCUT2D eigenvalue weighted by Gasteiger charge is -2.10. The minimum Gasteiger partial charge on any atom is -0.497 e. The maximum absolute atomic E-state index is 13.6. The molecule has 0 unspecified atom stereocenters. The van der Waals surface area contributed by atoms with Crippen LogP contribution in [0.3, 0.4) is 0 Å². The molecule has 0 fully saturated rings. The first kappa shape index (κ1) is 13.8. The van der Waals surface area contributed by atoms with Crippen LogP contribution in [0.2, 0.25) is 0 Å². The van der Waals surface area contributed by atoms with Crippen LogP contribution in [0.5, 0.6) is 5.75 Å². The summed E-state index contributed by atoms with van der Waals surface area (Å²) >= 11 is 3.32. The molecule has 0 saturated carbocycles. The molecule has 19 heavy (non-hydrogen) atoms. The van der Waals surface area contributed by atoms with Gasteiger partial charge in [-0.2, -0.15) is 0 Å². The van der Waals surface area contributed by atoms with E-state index in [0.717, 1.165) is 17.1 Å². The molecule has 1 heterocycles. The number of hydrogen-bond donors (Lipinski definition) is 1. The number of rotatable bonds is 4. The van der Waals surface area contributed by atoms with Crippen LogP contribution in [0.15, 0.2) is 34.8 Å². The fourth-order valence-corrected chi connectivity index (χ4v) is 2.24. The van der Waals surface area contributed by atoms with E-state index < -0.39 is 0 Å². The van der Waals surface area contributed by atoms with Gasteiger partial charge in [-0.1, -0.05) is 6.07 Å². The van der Waals surface area contributed by atoms with E-state index in [9.17, 15) is 4.39 Å². The zero-order valence-corrected chi connectivity index (χ0v) is 12.3. The molecule has 0 bridgehead atoms. The molecule has 2 aromatic rings. The van der Waals surface area contributed by atoms with Crippen LogP contribution >= 0.6 is 15.9 Å². The number of methoxy groups -OCH3 is 1. The molecule has 0 spiro atoms. The van der Waals surface area contributed by atoms with Crippen molar-refractivity contribution < 1.29 is 9.13 Å². The summed E-state index contributed by atoms with van der Waals surface area (Å²) in [4.78, 5) is 4.38. The third kappa shape index (κ3) is 3.44. The molecule has 100 valence electrons. The van der Waals surface area contributed by atoms with Crippen LogP contribution in [-0.2, 0) is 6.54 Å². The second-order valence-corrected chi connectivity index (χ2v) is 4.94. The second kappa shape index (κ2) is 6.02. The van der Waals surface area contributed by atoms with Gasteiger partial charge in [-0.15, -0.1) is 0 Å². The summed E-state index contributed by atoms with van der Waals surface area (Å²) in [6, 6.07) is 8.53. The Hall–Kier alpha value is -1.62. The number of aryl methyl sites for hydroxylation is 1. The Morgan fingerprint density at radius 2 is 2.16 bits per heavy atom. The van der Waals surface area contributed by atoms with Crippen LogP contribution in [0.25, 0.3) is 0 Å². The lowest BCUT2D eigenvalue weighted by Crippen LogP contribution is -2.05. The zero-order valence-electron chi connectivity index (χ0n) is 10.7. The molecule has 0 radical (unpaired) electrons. The van der Waals surface area contributed by atoms with Gasteiger partial charge < -0.3 is 10.1 Å². The number of benzene rings is 1. The number of nitrogens with one attached hydrogen (secondary N) is 1. The average Bonchev–Trinajstić information content (AvgIpc) is 2.37. The summed E-state index contributed by atoms with van der Waals surface area (Å²) in [6.07, 6.45) is 0. The van der Waals surface area contributed by atoms with Gasteiger partial charge in [0.2, 0.25) is 0 Å². The first-order chi connectivity index (χ1) is 9.10. The minimum absolute atomic E-state index is 0.297. The van der Waals surface area contributed by atoms with Crippen molar-refractivity contribution >= 4 is 21.6 Å². The summed E-state index contributed by atoms with van der Waals surface area (Å²) in [5.41, 5.74) is 2.10. The summed E-state index contributed by atoms with van der Waals surface area (Å²) < 4.78 is 19.5. The number of pyridine rings is 1. The Morgan fingerprint density at radius 3 is 2.84 bits per heavy atom. The molecular weight excluding hydrogens is 311 g/mol. The van der Waals surface area contributed by atoms with E-state index in [2.05, 4.69) is 26.2 Å². The standard InChI is InChI=1S/C14H14BrFN2O/c1-9-6-11(19-2)7-10(18-9)8-17-14-12(15)4-3-5-13(14)16/h3-7,17H,8H2,1-2H3. The normalized spacial score (nSPS) is 10.3. The van der Waals surface area contributed by atoms with E-state index in [-0.39, 0.29) is 5.82 Å². The van der Waals surface area contributed by atoms with Gasteiger partial charge in [0.25, 0.3) is 0 Å². The molecule has 1 aromatic heterocycles. The number of nitrogens with zero attached hydrogens (tertiary/aromatic N) is 1. The minimum atomic E-state index is -0.297. The van der Waals surface area contributed by atoms with Gasteiger partial charge in [-0.3, -0.25) is 4.98 Å². The third-order valence-corrected chi connectivity index (χ3v) is 3.29. The van der Waals surface area contributed by atoms with E-state index in [1.54, 1.807) is 19.2 Å². The van der Waals surface area contributed by atoms with Crippen LogP contribution < -0.4 is 10.1 Å². The van der Waals surface area contributed by atoms with Gasteiger partial charge >= 0.3 is 0 Å². The van der Waals surface area contributed by atoms with Crippen molar-refractivity contribution in [1.82, 2.24) is 4.98 Å². The Labute approximate surface area is 119 Å². The molecule has 2 rings (SSSR count). The Balaban J connectivity index is 2.16. The number of hydrogen-bond acceptors (Lipinski definition) is 3. The van der Waals surface area contributed by atoms with Gasteiger partial charge in [0.05, 0.1) is 25.0 Å². The van der Waals surface area contributed by atoms with Crippen molar-refractivity contribution in [2.75, 3.05) is 12.4 Å². The highest BCUT2D eigenvalue weighted by Gasteiger charge is 2.07. The molecule has 5 heteroatoms. The summed E-state index contributed by atoms with van der Waals surface area (Å²) in [7, 11) is 1.61. The first-order valence-corrected chi connectivity index (χ1v) is 6.59. The lowest BCUT2D eigenvalue weighted by molar-refractivity contribution is 0.413. The van der Waals surface area contributed by atoms with Gasteiger partial charge in [0.1, 0.15) is 11.6 Å². The lowest BCUT2D eigenvalue weighted by atomic mass is 10.2. The Morgan fingerprint density at radius 1 is 1.37 bits per heavy atom. The fourth-order valence-electron chi connectivity index (χ4n) is 1.76. The third-order valence-electron chi connectivity index (χ3n) is 2.62. The molecule has 0 amide bonds. The van der Waals surface area contributed by atoms with Crippen LogP contribution in [0, 0.1) is 12.7 Å². The fraction of sp³-hybridized carbons (Fsp3) is 0.214. The van der Waals surface area contributed by atoms with Crippen molar-refractivity contribution in [2.24, 2.45) is 0 Å². The van der Waals surface area contributed by atoms with Crippen molar-refractivity contribution in [3.8, 4) is 5.75 Å². The summed E-state index contributed by atoms with van der Waals surface area (Å²) in [6.45, 7) is 2.32. The Kier molecular flexibility index (Phi) is 4.37. The first-order valence-electron chi connectivity index (χ1n) is 5.79. The summed E-state index contributed by atoms with van der Waals surface area (Å²) in [5, 5.41) is 3.04. The quantitative estimate of drug-likeness (QED) is 0.925. The second-order valence-electron chi connectivity index (χ2n) is 4.09. The van der Waals surface area contributed by atoms with E-state index in [1.807, 2.05) is 19.1 Å².